The number of hydrogen-bond acceptors (Lipinski definition) is 2. The van der Waals surface area contributed by atoms with E-state index >= 15 is 0 Å². The van der Waals surface area contributed by atoms with Gasteiger partial charge in [-0.1, -0.05) is 25.7 Å². The zero-order chi connectivity index (χ0) is 12.6. The maximum atomic E-state index is 11.8. The maximum Gasteiger partial charge on any atom is 0.220 e. The average molecular weight is 249 g/mol. The highest BCUT2D eigenvalue weighted by Gasteiger charge is 2.14. The minimum atomic E-state index is 0.210. The Morgan fingerprint density at radius 2 is 2.06 bits per heavy atom. The van der Waals surface area contributed by atoms with E-state index in [-0.39, 0.29) is 5.91 Å². The van der Waals surface area contributed by atoms with Crippen LogP contribution >= 0.6 is 0 Å². The lowest BCUT2D eigenvalue weighted by molar-refractivity contribution is -0.122. The molecule has 0 aromatic carbocycles. The predicted octanol–water partition coefficient (Wildman–Crippen LogP) is 2.50. The van der Waals surface area contributed by atoms with Crippen LogP contribution in [0.2, 0.25) is 0 Å². The van der Waals surface area contributed by atoms with Gasteiger partial charge >= 0.3 is 0 Å². The Morgan fingerprint density at radius 3 is 2.72 bits per heavy atom. The highest BCUT2D eigenvalue weighted by molar-refractivity contribution is 5.76. The molecule has 1 aliphatic rings. The van der Waals surface area contributed by atoms with E-state index < -0.39 is 0 Å². The third-order valence-electron chi connectivity index (χ3n) is 3.60. The molecule has 1 aromatic heterocycles. The second-order valence-electron chi connectivity index (χ2n) is 5.16. The molecule has 0 atom stereocenters. The first-order valence-corrected chi connectivity index (χ1v) is 7.10. The van der Waals surface area contributed by atoms with Crippen molar-refractivity contribution in [3.8, 4) is 0 Å². The fourth-order valence-electron chi connectivity index (χ4n) is 2.56. The fraction of sp³-hybridized carbons (Fsp3) is 0.714. The quantitative estimate of drug-likeness (QED) is 0.815. The van der Waals surface area contributed by atoms with Gasteiger partial charge in [-0.05, 0) is 19.3 Å². The summed E-state index contributed by atoms with van der Waals surface area (Å²) in [6.45, 7) is 0.873. The van der Waals surface area contributed by atoms with Gasteiger partial charge in [0.25, 0.3) is 0 Å². The Morgan fingerprint density at radius 1 is 1.28 bits per heavy atom. The Hall–Kier alpha value is -1.32. The van der Waals surface area contributed by atoms with E-state index in [0.717, 1.165) is 25.8 Å². The largest absolute Gasteiger partial charge is 0.353 e. The number of carbonyl (C=O) groups excluding carboxylic acids is 1. The number of amides is 1. The van der Waals surface area contributed by atoms with E-state index in [4.69, 9.17) is 0 Å². The first kappa shape index (κ1) is 13.1. The summed E-state index contributed by atoms with van der Waals surface area (Å²) in [6, 6.07) is 0.424. The number of nitrogens with zero attached hydrogens (tertiary/aromatic N) is 2. The summed E-state index contributed by atoms with van der Waals surface area (Å²) in [4.78, 5) is 15.8. The molecular weight excluding hydrogens is 226 g/mol. The lowest BCUT2D eigenvalue weighted by Gasteiger charge is -2.16. The van der Waals surface area contributed by atoms with Crippen LogP contribution in [-0.2, 0) is 11.3 Å². The zero-order valence-corrected chi connectivity index (χ0v) is 11.0. The SMILES string of the molecule is O=C(CCCn1ccnc1)NC1CCCCCC1. The molecule has 1 aromatic rings. The maximum absolute atomic E-state index is 11.8. The summed E-state index contributed by atoms with van der Waals surface area (Å²) in [6.07, 6.45) is 14.5. The fourth-order valence-corrected chi connectivity index (χ4v) is 2.56. The first-order valence-electron chi connectivity index (χ1n) is 7.10. The van der Waals surface area contributed by atoms with Crippen molar-refractivity contribution in [3.63, 3.8) is 0 Å². The Labute approximate surface area is 109 Å². The molecule has 0 aliphatic heterocycles. The van der Waals surface area contributed by atoms with Crippen LogP contribution in [0.25, 0.3) is 0 Å². The Kier molecular flexibility index (Phi) is 5.24. The summed E-state index contributed by atoms with van der Waals surface area (Å²) in [5.74, 6) is 0.210. The number of aromatic nitrogens is 2. The predicted molar refractivity (Wildman–Crippen MR) is 71.1 cm³/mol. The van der Waals surface area contributed by atoms with Crippen molar-refractivity contribution in [1.29, 1.82) is 0 Å². The molecule has 0 bridgehead atoms. The summed E-state index contributed by atoms with van der Waals surface area (Å²) >= 11 is 0. The van der Waals surface area contributed by atoms with Crippen molar-refractivity contribution >= 4 is 5.91 Å². The van der Waals surface area contributed by atoms with Crippen LogP contribution in [0.4, 0.5) is 0 Å². The molecule has 1 amide bonds. The summed E-state index contributed by atoms with van der Waals surface area (Å²) in [5, 5.41) is 3.18. The number of nitrogens with one attached hydrogen (secondary N) is 1. The van der Waals surface area contributed by atoms with Crippen molar-refractivity contribution in [3.05, 3.63) is 18.7 Å². The van der Waals surface area contributed by atoms with Crippen LogP contribution in [0.5, 0.6) is 0 Å². The van der Waals surface area contributed by atoms with Crippen molar-refractivity contribution in [1.82, 2.24) is 14.9 Å². The first-order chi connectivity index (χ1) is 8.84. The molecule has 4 nitrogen and oxygen atoms in total. The lowest BCUT2D eigenvalue weighted by Crippen LogP contribution is -2.34. The number of imidazole rings is 1. The standard InChI is InChI=1S/C14H23N3O/c18-14(8-5-10-17-11-9-15-12-17)16-13-6-3-1-2-4-7-13/h9,11-13H,1-8,10H2,(H,16,18). The molecule has 1 N–H and O–H groups in total. The minimum absolute atomic E-state index is 0.210. The van der Waals surface area contributed by atoms with Gasteiger partial charge in [0.2, 0.25) is 5.91 Å². The van der Waals surface area contributed by atoms with Crippen molar-refractivity contribution < 1.29 is 4.79 Å². The highest BCUT2D eigenvalue weighted by atomic mass is 16.1. The summed E-state index contributed by atoms with van der Waals surface area (Å²) < 4.78 is 2.01. The van der Waals surface area contributed by atoms with Crippen LogP contribution in [0.1, 0.15) is 51.4 Å². The molecule has 4 heteroatoms. The van der Waals surface area contributed by atoms with E-state index in [2.05, 4.69) is 10.3 Å². The van der Waals surface area contributed by atoms with Gasteiger partial charge in [-0.25, -0.2) is 4.98 Å². The minimum Gasteiger partial charge on any atom is -0.353 e. The molecule has 1 fully saturated rings. The van der Waals surface area contributed by atoms with Crippen LogP contribution < -0.4 is 5.32 Å². The number of rotatable bonds is 5. The van der Waals surface area contributed by atoms with E-state index in [1.165, 1.54) is 25.7 Å². The van der Waals surface area contributed by atoms with Crippen molar-refractivity contribution in [2.75, 3.05) is 0 Å². The van der Waals surface area contributed by atoms with Gasteiger partial charge in [0.1, 0.15) is 0 Å². The van der Waals surface area contributed by atoms with E-state index in [9.17, 15) is 4.79 Å². The lowest BCUT2D eigenvalue weighted by atomic mass is 10.1. The Balaban J connectivity index is 1.62. The van der Waals surface area contributed by atoms with Gasteiger partial charge in [0.15, 0.2) is 0 Å². The molecule has 0 saturated heterocycles. The van der Waals surface area contributed by atoms with Gasteiger partial charge in [-0.15, -0.1) is 0 Å². The normalized spacial score (nSPS) is 17.3. The molecular formula is C14H23N3O. The molecule has 0 unspecified atom stereocenters. The highest BCUT2D eigenvalue weighted by Crippen LogP contribution is 2.17. The molecule has 2 rings (SSSR count). The van der Waals surface area contributed by atoms with Crippen molar-refractivity contribution in [2.24, 2.45) is 0 Å². The van der Waals surface area contributed by atoms with Gasteiger partial charge in [0, 0.05) is 31.4 Å². The summed E-state index contributed by atoms with van der Waals surface area (Å²) in [7, 11) is 0. The third-order valence-corrected chi connectivity index (χ3v) is 3.60. The molecule has 100 valence electrons. The topological polar surface area (TPSA) is 46.9 Å². The molecule has 1 heterocycles. The molecule has 0 spiro atoms. The number of carbonyl (C=O) groups is 1. The smallest absolute Gasteiger partial charge is 0.220 e. The van der Waals surface area contributed by atoms with Gasteiger partial charge < -0.3 is 9.88 Å². The van der Waals surface area contributed by atoms with Crippen molar-refractivity contribution in [2.45, 2.75) is 64.0 Å². The second kappa shape index (κ2) is 7.19. The van der Waals surface area contributed by atoms with Crippen LogP contribution in [0, 0.1) is 0 Å². The molecule has 18 heavy (non-hydrogen) atoms. The Bertz CT molecular complexity index is 340. The molecule has 0 radical (unpaired) electrons. The number of aryl methyl sites for hydroxylation is 1. The monoisotopic (exact) mass is 249 g/mol. The molecule has 1 saturated carbocycles. The van der Waals surface area contributed by atoms with Crippen LogP contribution in [0.15, 0.2) is 18.7 Å². The third kappa shape index (κ3) is 4.51. The molecule has 1 aliphatic carbocycles. The van der Waals surface area contributed by atoms with Crippen LogP contribution in [-0.4, -0.2) is 21.5 Å². The average Bonchev–Trinajstić information content (AvgIpc) is 2.74. The van der Waals surface area contributed by atoms with Gasteiger partial charge in [-0.2, -0.15) is 0 Å². The summed E-state index contributed by atoms with van der Waals surface area (Å²) in [5.41, 5.74) is 0. The van der Waals surface area contributed by atoms with E-state index in [1.807, 2.05) is 10.8 Å². The van der Waals surface area contributed by atoms with Crippen LogP contribution in [0.3, 0.4) is 0 Å². The van der Waals surface area contributed by atoms with E-state index in [0.29, 0.717) is 12.5 Å². The van der Waals surface area contributed by atoms with Gasteiger partial charge in [-0.3, -0.25) is 4.79 Å². The zero-order valence-electron chi connectivity index (χ0n) is 11.0. The second-order valence-corrected chi connectivity index (χ2v) is 5.16. The van der Waals surface area contributed by atoms with Gasteiger partial charge in [0.05, 0.1) is 6.33 Å². The number of hydrogen-bond donors (Lipinski definition) is 1. The van der Waals surface area contributed by atoms with E-state index in [1.54, 1.807) is 12.5 Å².